The number of fused-ring (bicyclic) bond motifs is 1. The summed E-state index contributed by atoms with van der Waals surface area (Å²) in [4.78, 5) is 15.6. The summed E-state index contributed by atoms with van der Waals surface area (Å²) in [5.41, 5.74) is 5.51. The number of hydrogen-bond donors (Lipinski definition) is 0. The van der Waals surface area contributed by atoms with E-state index in [-0.39, 0.29) is 11.9 Å². The first-order chi connectivity index (χ1) is 14.6. The third-order valence-electron chi connectivity index (χ3n) is 5.89. The van der Waals surface area contributed by atoms with Crippen LogP contribution in [0.1, 0.15) is 58.5 Å². The number of aromatic nitrogens is 1. The number of amides is 1. The van der Waals surface area contributed by atoms with Gasteiger partial charge in [-0.3, -0.25) is 4.79 Å². The number of aryl methyl sites for hydroxylation is 2. The van der Waals surface area contributed by atoms with Crippen molar-refractivity contribution < 1.29 is 9.53 Å². The Morgan fingerprint density at radius 3 is 2.60 bits per heavy atom. The first-order valence-corrected chi connectivity index (χ1v) is 10.8. The van der Waals surface area contributed by atoms with Crippen LogP contribution in [0, 0.1) is 13.8 Å². The lowest BCUT2D eigenvalue weighted by molar-refractivity contribution is 0.0663. The Bertz CT molecular complexity index is 1020. The largest absolute Gasteiger partial charge is 0.494 e. The van der Waals surface area contributed by atoms with E-state index in [1.165, 1.54) is 22.4 Å². The minimum absolute atomic E-state index is 0.0625. The zero-order chi connectivity index (χ0) is 21.1. The molecule has 0 saturated heterocycles. The highest BCUT2D eigenvalue weighted by Gasteiger charge is 2.33. The Kier molecular flexibility index (Phi) is 5.93. The lowest BCUT2D eigenvalue weighted by atomic mass is 9.94. The van der Waals surface area contributed by atoms with Gasteiger partial charge in [0.2, 0.25) is 0 Å². The Labute approximate surface area is 179 Å². The van der Waals surface area contributed by atoms with Crippen LogP contribution in [-0.4, -0.2) is 28.5 Å². The molecule has 1 aromatic heterocycles. The van der Waals surface area contributed by atoms with Gasteiger partial charge >= 0.3 is 0 Å². The van der Waals surface area contributed by atoms with E-state index in [0.717, 1.165) is 25.1 Å². The van der Waals surface area contributed by atoms with Gasteiger partial charge in [-0.05, 0) is 67.8 Å². The Balaban J connectivity index is 1.64. The molecule has 0 saturated carbocycles. The summed E-state index contributed by atoms with van der Waals surface area (Å²) >= 11 is 0. The maximum Gasteiger partial charge on any atom is 0.254 e. The van der Waals surface area contributed by atoms with Crippen molar-refractivity contribution in [3.8, 4) is 5.75 Å². The molecule has 1 unspecified atom stereocenters. The number of carbonyl (C=O) groups is 1. The Hall–Kier alpha value is -3.01. The third kappa shape index (κ3) is 4.00. The van der Waals surface area contributed by atoms with Gasteiger partial charge in [-0.25, -0.2) is 0 Å². The highest BCUT2D eigenvalue weighted by atomic mass is 16.5. The van der Waals surface area contributed by atoms with Crippen LogP contribution in [0.2, 0.25) is 0 Å². The minimum atomic E-state index is -0.0812. The van der Waals surface area contributed by atoms with Crippen LogP contribution in [0.25, 0.3) is 0 Å². The standard InChI is InChI=1S/C26H30N2O2/c1-4-5-17-30-22-11-9-21(10-12-22)26(29)28-16-15-27-14-6-7-24(27)25(28)23-13-8-19(2)18-20(23)3/h6-14,18,25H,4-5,15-17H2,1-3H3. The highest BCUT2D eigenvalue weighted by Crippen LogP contribution is 2.35. The van der Waals surface area contributed by atoms with Crippen molar-refractivity contribution in [2.75, 3.05) is 13.2 Å². The molecule has 4 rings (SSSR count). The van der Waals surface area contributed by atoms with Crippen LogP contribution in [0.3, 0.4) is 0 Å². The van der Waals surface area contributed by atoms with Crippen molar-refractivity contribution in [3.05, 3.63) is 88.7 Å². The van der Waals surface area contributed by atoms with Gasteiger partial charge in [-0.2, -0.15) is 0 Å². The molecule has 2 heterocycles. The molecule has 30 heavy (non-hydrogen) atoms. The van der Waals surface area contributed by atoms with Crippen molar-refractivity contribution in [1.82, 2.24) is 9.47 Å². The molecule has 1 amide bonds. The van der Waals surface area contributed by atoms with E-state index in [1.807, 2.05) is 29.2 Å². The van der Waals surface area contributed by atoms with Crippen LogP contribution in [0.4, 0.5) is 0 Å². The van der Waals surface area contributed by atoms with E-state index in [4.69, 9.17) is 4.74 Å². The van der Waals surface area contributed by atoms with Crippen LogP contribution < -0.4 is 4.74 Å². The highest BCUT2D eigenvalue weighted by molar-refractivity contribution is 5.95. The summed E-state index contributed by atoms with van der Waals surface area (Å²) < 4.78 is 8.01. The number of unbranched alkanes of at least 4 members (excludes halogenated alkanes) is 1. The Morgan fingerprint density at radius 1 is 1.07 bits per heavy atom. The zero-order valence-corrected chi connectivity index (χ0v) is 18.1. The molecule has 0 N–H and O–H groups in total. The molecule has 156 valence electrons. The van der Waals surface area contributed by atoms with Gasteiger partial charge in [0.05, 0.1) is 12.6 Å². The summed E-state index contributed by atoms with van der Waals surface area (Å²) in [7, 11) is 0. The quantitative estimate of drug-likeness (QED) is 0.508. The molecule has 2 aromatic carbocycles. The van der Waals surface area contributed by atoms with E-state index in [9.17, 15) is 4.79 Å². The third-order valence-corrected chi connectivity index (χ3v) is 5.89. The second kappa shape index (κ2) is 8.78. The molecule has 0 aliphatic carbocycles. The first-order valence-electron chi connectivity index (χ1n) is 10.8. The van der Waals surface area contributed by atoms with E-state index in [1.54, 1.807) is 0 Å². The van der Waals surface area contributed by atoms with E-state index < -0.39 is 0 Å². The Morgan fingerprint density at radius 2 is 1.87 bits per heavy atom. The maximum absolute atomic E-state index is 13.5. The second-order valence-electron chi connectivity index (χ2n) is 8.11. The fourth-order valence-electron chi connectivity index (χ4n) is 4.26. The lowest BCUT2D eigenvalue weighted by Crippen LogP contribution is -2.42. The molecular formula is C26H30N2O2. The zero-order valence-electron chi connectivity index (χ0n) is 18.1. The van der Waals surface area contributed by atoms with Gasteiger partial charge in [0.1, 0.15) is 5.75 Å². The molecule has 1 atom stereocenters. The summed E-state index contributed by atoms with van der Waals surface area (Å²) in [6.45, 7) is 8.59. The fraction of sp³-hybridized carbons (Fsp3) is 0.346. The predicted molar refractivity (Wildman–Crippen MR) is 120 cm³/mol. The van der Waals surface area contributed by atoms with Crippen molar-refractivity contribution >= 4 is 5.91 Å². The minimum Gasteiger partial charge on any atom is -0.494 e. The molecule has 3 aromatic rings. The van der Waals surface area contributed by atoms with E-state index in [0.29, 0.717) is 18.7 Å². The van der Waals surface area contributed by atoms with E-state index >= 15 is 0 Å². The number of rotatable bonds is 6. The van der Waals surface area contributed by atoms with Gasteiger partial charge in [-0.15, -0.1) is 0 Å². The molecular weight excluding hydrogens is 372 g/mol. The average molecular weight is 403 g/mol. The average Bonchev–Trinajstić information content (AvgIpc) is 3.23. The molecule has 0 radical (unpaired) electrons. The number of ether oxygens (including phenoxy) is 1. The monoisotopic (exact) mass is 402 g/mol. The number of benzene rings is 2. The summed E-state index contributed by atoms with van der Waals surface area (Å²) in [5.74, 6) is 0.881. The maximum atomic E-state index is 13.5. The summed E-state index contributed by atoms with van der Waals surface area (Å²) in [5, 5.41) is 0. The molecule has 1 aliphatic rings. The number of nitrogens with zero attached hydrogens (tertiary/aromatic N) is 2. The molecule has 0 bridgehead atoms. The molecule has 4 heteroatoms. The topological polar surface area (TPSA) is 34.5 Å². The second-order valence-corrected chi connectivity index (χ2v) is 8.11. The van der Waals surface area contributed by atoms with E-state index in [2.05, 4.69) is 61.9 Å². The predicted octanol–water partition coefficient (Wildman–Crippen LogP) is 5.53. The molecule has 1 aliphatic heterocycles. The normalized spacial score (nSPS) is 15.7. The van der Waals surface area contributed by atoms with Crippen LogP contribution in [0.15, 0.2) is 60.8 Å². The van der Waals surface area contributed by atoms with Crippen molar-refractivity contribution in [2.45, 2.75) is 46.2 Å². The van der Waals surface area contributed by atoms with Crippen LogP contribution >= 0.6 is 0 Å². The fourth-order valence-corrected chi connectivity index (χ4v) is 4.26. The van der Waals surface area contributed by atoms with Gasteiger partial charge in [0.15, 0.2) is 0 Å². The number of hydrogen-bond acceptors (Lipinski definition) is 2. The smallest absolute Gasteiger partial charge is 0.254 e. The molecule has 0 fully saturated rings. The van der Waals surface area contributed by atoms with Gasteiger partial charge in [0.25, 0.3) is 5.91 Å². The van der Waals surface area contributed by atoms with Gasteiger partial charge in [0, 0.05) is 30.5 Å². The molecule has 0 spiro atoms. The van der Waals surface area contributed by atoms with Gasteiger partial charge < -0.3 is 14.2 Å². The summed E-state index contributed by atoms with van der Waals surface area (Å²) in [6, 6.07) is 18.2. The SMILES string of the molecule is CCCCOc1ccc(C(=O)N2CCn3cccc3C2c2ccc(C)cc2C)cc1. The lowest BCUT2D eigenvalue weighted by Gasteiger charge is -2.38. The molecule has 4 nitrogen and oxygen atoms in total. The van der Waals surface area contributed by atoms with Crippen molar-refractivity contribution in [1.29, 1.82) is 0 Å². The summed E-state index contributed by atoms with van der Waals surface area (Å²) in [6.07, 6.45) is 4.24. The number of carbonyl (C=O) groups excluding carboxylic acids is 1. The van der Waals surface area contributed by atoms with Crippen LogP contribution in [-0.2, 0) is 6.54 Å². The van der Waals surface area contributed by atoms with Gasteiger partial charge in [-0.1, -0.05) is 37.1 Å². The first kappa shape index (κ1) is 20.3. The van der Waals surface area contributed by atoms with Crippen molar-refractivity contribution in [3.63, 3.8) is 0 Å². The van der Waals surface area contributed by atoms with Crippen molar-refractivity contribution in [2.24, 2.45) is 0 Å². The van der Waals surface area contributed by atoms with Crippen LogP contribution in [0.5, 0.6) is 5.75 Å².